The summed E-state index contributed by atoms with van der Waals surface area (Å²) in [7, 11) is -4.64. The molecule has 0 amide bonds. The van der Waals surface area contributed by atoms with Crippen molar-refractivity contribution in [3.05, 3.63) is 0 Å². The molecule has 0 atom stereocenters. The van der Waals surface area contributed by atoms with Gasteiger partial charge in [-0.2, -0.15) is 0 Å². The summed E-state index contributed by atoms with van der Waals surface area (Å²) in [5, 5.41) is 0. The fourth-order valence-corrected chi connectivity index (χ4v) is 2.68. The lowest BCUT2D eigenvalue weighted by molar-refractivity contribution is 0.275. The Morgan fingerprint density at radius 3 is 0.424 bits per heavy atom. The normalized spacial score (nSPS) is 10.5. The predicted molar refractivity (Wildman–Crippen MR) is 148 cm³/mol. The second-order valence-corrected chi connectivity index (χ2v) is 8.02. The minimum atomic E-state index is -4.64. The van der Waals surface area contributed by atoms with E-state index in [1.165, 1.54) is 78.5 Å². The summed E-state index contributed by atoms with van der Waals surface area (Å²) in [6.07, 6.45) is 0. The van der Waals surface area contributed by atoms with Gasteiger partial charge in [0.1, 0.15) is 0 Å². The lowest BCUT2D eigenvalue weighted by atomic mass is 10.5. The third kappa shape index (κ3) is 50.0. The highest BCUT2D eigenvalue weighted by molar-refractivity contribution is 7.45. The van der Waals surface area contributed by atoms with Crippen molar-refractivity contribution in [2.24, 2.45) is 0 Å². The minimum Gasteiger partial charge on any atom is -0.304 e. The van der Waals surface area contributed by atoms with Crippen molar-refractivity contribution in [3.8, 4) is 0 Å². The summed E-state index contributed by atoms with van der Waals surface area (Å²) in [6, 6.07) is 0. The Morgan fingerprint density at radius 2 is 0.424 bits per heavy atom. The van der Waals surface area contributed by atoms with E-state index in [9.17, 15) is 0 Å². The fraction of sp³-hybridized carbons (Fsp3) is 1.00. The number of phosphoric acid groups is 1. The predicted octanol–water partition coefficient (Wildman–Crippen LogP) is 4.46. The van der Waals surface area contributed by atoms with E-state index in [2.05, 4.69) is 103 Å². The van der Waals surface area contributed by atoms with Crippen LogP contribution in [-0.2, 0) is 4.57 Å². The maximum Gasteiger partial charge on any atom is 0.466 e. The van der Waals surface area contributed by atoms with Crippen LogP contribution in [0.25, 0.3) is 0 Å². The fourth-order valence-electron chi connectivity index (χ4n) is 2.68. The number of rotatable bonds is 12. The van der Waals surface area contributed by atoms with E-state index in [0.717, 1.165) is 0 Å². The molecule has 0 bridgehead atoms. The highest BCUT2D eigenvalue weighted by atomic mass is 31.2. The van der Waals surface area contributed by atoms with Crippen LogP contribution in [0.5, 0.6) is 0 Å². The maximum absolute atomic E-state index is 8.88. The second-order valence-electron chi connectivity index (χ2n) is 6.99. The van der Waals surface area contributed by atoms with Gasteiger partial charge < -0.3 is 34.3 Å². The minimum absolute atomic E-state index is 1.19. The standard InChI is InChI=1S/4C6H15N.H3O4P/c4*1-4-7(5-2)6-3;1-5(2,3)4/h4*4-6H2,1-3H3;(H3,1,2,3,4). The first-order valence-electron chi connectivity index (χ1n) is 13.1. The van der Waals surface area contributed by atoms with Gasteiger partial charge in [-0.15, -0.1) is 0 Å². The van der Waals surface area contributed by atoms with Crippen molar-refractivity contribution in [1.82, 2.24) is 19.6 Å². The molecule has 0 aliphatic carbocycles. The number of hydrogen-bond acceptors (Lipinski definition) is 5. The van der Waals surface area contributed by atoms with Gasteiger partial charge >= 0.3 is 7.82 Å². The Hall–Kier alpha value is -0.0500. The topological polar surface area (TPSA) is 90.7 Å². The molecule has 0 fully saturated rings. The molecule has 3 N–H and O–H groups in total. The molecule has 0 aliphatic heterocycles. The molecule has 0 heterocycles. The van der Waals surface area contributed by atoms with Gasteiger partial charge in [-0.25, -0.2) is 4.57 Å². The molecular formula is C24H63N4O4P. The molecule has 0 unspecified atom stereocenters. The van der Waals surface area contributed by atoms with Crippen molar-refractivity contribution in [2.75, 3.05) is 78.5 Å². The summed E-state index contributed by atoms with van der Waals surface area (Å²) >= 11 is 0. The molecule has 208 valence electrons. The van der Waals surface area contributed by atoms with Crippen molar-refractivity contribution in [3.63, 3.8) is 0 Å². The van der Waals surface area contributed by atoms with Gasteiger partial charge in [-0.3, -0.25) is 0 Å². The average molecular weight is 503 g/mol. The van der Waals surface area contributed by atoms with E-state index in [1.807, 2.05) is 0 Å². The summed E-state index contributed by atoms with van der Waals surface area (Å²) in [5.74, 6) is 0. The van der Waals surface area contributed by atoms with E-state index >= 15 is 0 Å². The van der Waals surface area contributed by atoms with Crippen LogP contribution < -0.4 is 0 Å². The zero-order chi connectivity index (χ0) is 27.3. The lowest BCUT2D eigenvalue weighted by Gasteiger charge is -2.13. The number of hydrogen-bond donors (Lipinski definition) is 3. The number of nitrogens with zero attached hydrogens (tertiary/aromatic N) is 4. The van der Waals surface area contributed by atoms with Crippen LogP contribution in [0, 0.1) is 0 Å². The van der Waals surface area contributed by atoms with E-state index in [1.54, 1.807) is 0 Å². The molecule has 0 aromatic heterocycles. The highest BCUT2D eigenvalue weighted by Gasteiger charge is 2.00. The van der Waals surface area contributed by atoms with Crippen LogP contribution in [0.2, 0.25) is 0 Å². The maximum atomic E-state index is 8.88. The van der Waals surface area contributed by atoms with Crippen LogP contribution in [-0.4, -0.2) is 113 Å². The smallest absolute Gasteiger partial charge is 0.304 e. The molecule has 0 aromatic carbocycles. The highest BCUT2D eigenvalue weighted by Crippen LogP contribution is 2.25. The lowest BCUT2D eigenvalue weighted by Crippen LogP contribution is -2.21. The molecule has 9 heteroatoms. The van der Waals surface area contributed by atoms with E-state index in [-0.39, 0.29) is 0 Å². The first-order valence-corrected chi connectivity index (χ1v) is 14.6. The van der Waals surface area contributed by atoms with Crippen LogP contribution in [0.3, 0.4) is 0 Å². The SMILES string of the molecule is CCN(CC)CC.CCN(CC)CC.CCN(CC)CC.CCN(CC)CC.O=P(O)(O)O. The third-order valence-corrected chi connectivity index (χ3v) is 5.37. The van der Waals surface area contributed by atoms with Crippen molar-refractivity contribution >= 4 is 7.82 Å². The van der Waals surface area contributed by atoms with Crippen molar-refractivity contribution in [2.45, 2.75) is 83.1 Å². The molecule has 0 aromatic rings. The van der Waals surface area contributed by atoms with Gasteiger partial charge in [0.05, 0.1) is 0 Å². The molecule has 0 aliphatic rings. The summed E-state index contributed by atoms with van der Waals surface area (Å²) in [6.45, 7) is 40.5. The second kappa shape index (κ2) is 34.1. The van der Waals surface area contributed by atoms with Gasteiger partial charge in [-0.1, -0.05) is 83.1 Å². The monoisotopic (exact) mass is 502 g/mol. The third-order valence-electron chi connectivity index (χ3n) is 5.37. The molecule has 33 heavy (non-hydrogen) atoms. The van der Waals surface area contributed by atoms with E-state index in [0.29, 0.717) is 0 Å². The Kier molecular flexibility index (Phi) is 44.5. The van der Waals surface area contributed by atoms with Crippen molar-refractivity contribution in [1.29, 1.82) is 0 Å². The summed E-state index contributed by atoms with van der Waals surface area (Å²) < 4.78 is 8.88. The summed E-state index contributed by atoms with van der Waals surface area (Å²) in [4.78, 5) is 31.1. The largest absolute Gasteiger partial charge is 0.466 e. The van der Waals surface area contributed by atoms with Gasteiger partial charge in [0.25, 0.3) is 0 Å². The Labute approximate surface area is 208 Å². The van der Waals surface area contributed by atoms with Crippen LogP contribution >= 0.6 is 7.82 Å². The Morgan fingerprint density at radius 1 is 0.364 bits per heavy atom. The molecular weight excluding hydrogens is 439 g/mol. The molecule has 8 nitrogen and oxygen atoms in total. The molecule has 0 saturated heterocycles. The van der Waals surface area contributed by atoms with Crippen LogP contribution in [0.1, 0.15) is 83.1 Å². The van der Waals surface area contributed by atoms with Gasteiger partial charge in [-0.05, 0) is 78.5 Å². The van der Waals surface area contributed by atoms with E-state index in [4.69, 9.17) is 19.2 Å². The van der Waals surface area contributed by atoms with Crippen molar-refractivity contribution < 1.29 is 19.2 Å². The molecule has 0 saturated carbocycles. The molecule has 0 rings (SSSR count). The quantitative estimate of drug-likeness (QED) is 0.337. The molecule has 0 spiro atoms. The van der Waals surface area contributed by atoms with Gasteiger partial charge in [0, 0.05) is 0 Å². The Bertz CT molecular complexity index is 280. The first-order chi connectivity index (χ1) is 15.4. The average Bonchev–Trinajstić information content (AvgIpc) is 2.79. The Balaban J connectivity index is -0.0000000995. The zero-order valence-electron chi connectivity index (χ0n) is 24.5. The zero-order valence-corrected chi connectivity index (χ0v) is 25.4. The van der Waals surface area contributed by atoms with E-state index < -0.39 is 7.82 Å². The summed E-state index contributed by atoms with van der Waals surface area (Å²) in [5.41, 5.74) is 0. The van der Waals surface area contributed by atoms with Crippen LogP contribution in [0.4, 0.5) is 0 Å². The first kappa shape index (κ1) is 43.1. The van der Waals surface area contributed by atoms with Gasteiger partial charge in [0.15, 0.2) is 0 Å². The van der Waals surface area contributed by atoms with Gasteiger partial charge in [0.2, 0.25) is 0 Å². The van der Waals surface area contributed by atoms with Crippen LogP contribution in [0.15, 0.2) is 0 Å². The molecule has 0 radical (unpaired) electrons.